The molecule has 1 aliphatic rings. The van der Waals surface area contributed by atoms with Crippen LogP contribution in [0, 0.1) is 27.7 Å². The van der Waals surface area contributed by atoms with E-state index in [1.807, 2.05) is 55.6 Å². The van der Waals surface area contributed by atoms with E-state index < -0.39 is 0 Å². The van der Waals surface area contributed by atoms with Crippen molar-refractivity contribution in [3.05, 3.63) is 112 Å². The SMILES string of the molecule is CCc1cccc(C)c1-n1c(C)cc([C@@H]2[C@H](c3ccccn3)NC(=S)N2CCC(=O)Nc2ccccc2C)c1C. The standard InChI is InChI=1S/C33H37N5OS/c1-6-25-14-11-13-22(3)31(25)38-23(4)20-26(24(38)5)32-30(28-16-9-10-18-34-28)36-33(40)37(32)19-17-29(39)35-27-15-8-7-12-21(27)2/h7-16,18,20,30,32H,6,17,19H2,1-5H3,(H,35,39)(H,36,40)/t30-,32+/m0/s1. The Balaban J connectivity index is 1.51. The Bertz CT molecular complexity index is 1540. The molecular formula is C33H37N5OS. The van der Waals surface area contributed by atoms with Crippen LogP contribution in [0.15, 0.2) is 72.9 Å². The Kier molecular flexibility index (Phi) is 8.03. The average Bonchev–Trinajstić information content (AvgIpc) is 3.43. The number of aryl methyl sites for hydroxylation is 4. The maximum atomic E-state index is 13.0. The molecule has 1 fully saturated rings. The number of rotatable bonds is 8. The monoisotopic (exact) mass is 551 g/mol. The van der Waals surface area contributed by atoms with Gasteiger partial charge in [-0.15, -0.1) is 0 Å². The molecule has 40 heavy (non-hydrogen) atoms. The lowest BCUT2D eigenvalue weighted by molar-refractivity contribution is -0.116. The Labute approximate surface area is 242 Å². The van der Waals surface area contributed by atoms with Crippen LogP contribution in [0.4, 0.5) is 5.69 Å². The second-order valence-corrected chi connectivity index (χ2v) is 10.9. The number of nitrogens with one attached hydrogen (secondary N) is 2. The van der Waals surface area contributed by atoms with E-state index in [1.165, 1.54) is 33.8 Å². The maximum absolute atomic E-state index is 13.0. The minimum Gasteiger partial charge on any atom is -0.352 e. The molecule has 1 amide bonds. The number of amides is 1. The summed E-state index contributed by atoms with van der Waals surface area (Å²) in [4.78, 5) is 19.9. The number of nitrogens with zero attached hydrogens (tertiary/aromatic N) is 3. The summed E-state index contributed by atoms with van der Waals surface area (Å²) < 4.78 is 2.38. The molecular weight excluding hydrogens is 514 g/mol. The summed E-state index contributed by atoms with van der Waals surface area (Å²) in [6.07, 6.45) is 3.09. The van der Waals surface area contributed by atoms with Crippen LogP contribution >= 0.6 is 12.2 Å². The summed E-state index contributed by atoms with van der Waals surface area (Å²) in [5.41, 5.74) is 10.2. The van der Waals surface area contributed by atoms with Crippen molar-refractivity contribution in [1.82, 2.24) is 19.8 Å². The van der Waals surface area contributed by atoms with Crippen LogP contribution in [0.3, 0.4) is 0 Å². The molecule has 3 heterocycles. The first kappa shape index (κ1) is 27.6. The molecule has 0 unspecified atom stereocenters. The van der Waals surface area contributed by atoms with Crippen LogP contribution in [-0.2, 0) is 11.2 Å². The van der Waals surface area contributed by atoms with Crippen molar-refractivity contribution in [2.24, 2.45) is 0 Å². The van der Waals surface area contributed by atoms with Gasteiger partial charge in [-0.25, -0.2) is 0 Å². The molecule has 1 saturated heterocycles. The van der Waals surface area contributed by atoms with Crippen LogP contribution in [0.25, 0.3) is 5.69 Å². The molecule has 5 rings (SSSR count). The van der Waals surface area contributed by atoms with Gasteiger partial charge in [-0.05, 0) is 92.9 Å². The molecule has 1 aliphatic heterocycles. The van der Waals surface area contributed by atoms with Crippen LogP contribution in [0.2, 0.25) is 0 Å². The van der Waals surface area contributed by atoms with Gasteiger partial charge in [0, 0.05) is 36.2 Å². The second-order valence-electron chi connectivity index (χ2n) is 10.5. The molecule has 0 aliphatic carbocycles. The zero-order valence-electron chi connectivity index (χ0n) is 23.9. The van der Waals surface area contributed by atoms with Crippen molar-refractivity contribution >= 4 is 28.9 Å². The van der Waals surface area contributed by atoms with Crippen molar-refractivity contribution in [2.45, 2.75) is 59.5 Å². The summed E-state index contributed by atoms with van der Waals surface area (Å²) in [5.74, 6) is -0.0323. The first-order valence-electron chi connectivity index (χ1n) is 13.9. The van der Waals surface area contributed by atoms with E-state index in [4.69, 9.17) is 12.2 Å². The highest BCUT2D eigenvalue weighted by Crippen LogP contribution is 2.42. The van der Waals surface area contributed by atoms with Gasteiger partial charge in [0.15, 0.2) is 5.11 Å². The van der Waals surface area contributed by atoms with E-state index >= 15 is 0 Å². The summed E-state index contributed by atoms with van der Waals surface area (Å²) in [6, 6.07) is 22.4. The van der Waals surface area contributed by atoms with Crippen molar-refractivity contribution in [3.8, 4) is 5.69 Å². The van der Waals surface area contributed by atoms with Crippen molar-refractivity contribution in [3.63, 3.8) is 0 Å². The Morgan fingerprint density at radius 1 is 1.00 bits per heavy atom. The van der Waals surface area contributed by atoms with Gasteiger partial charge in [-0.3, -0.25) is 9.78 Å². The number of thiocarbonyl (C=S) groups is 1. The smallest absolute Gasteiger partial charge is 0.226 e. The van der Waals surface area contributed by atoms with Gasteiger partial charge >= 0.3 is 0 Å². The van der Waals surface area contributed by atoms with Gasteiger partial charge < -0.3 is 20.1 Å². The minimum absolute atomic E-state index is 0.0323. The fraction of sp³-hybridized carbons (Fsp3) is 0.303. The van der Waals surface area contributed by atoms with Crippen LogP contribution in [0.5, 0.6) is 0 Å². The Morgan fingerprint density at radius 3 is 2.48 bits per heavy atom. The molecule has 0 saturated carbocycles. The Hall–Kier alpha value is -3.97. The third-order valence-electron chi connectivity index (χ3n) is 7.91. The second kappa shape index (κ2) is 11.6. The number of carbonyl (C=O) groups is 1. The third kappa shape index (κ3) is 5.26. The van der Waals surface area contributed by atoms with E-state index in [0.29, 0.717) is 18.1 Å². The molecule has 2 atom stereocenters. The van der Waals surface area contributed by atoms with Crippen LogP contribution in [0.1, 0.15) is 64.8 Å². The molecule has 0 radical (unpaired) electrons. The molecule has 2 aromatic heterocycles. The van der Waals surface area contributed by atoms with Gasteiger partial charge in [-0.2, -0.15) is 0 Å². The molecule has 6 nitrogen and oxygen atoms in total. The summed E-state index contributed by atoms with van der Waals surface area (Å²) >= 11 is 5.88. The highest BCUT2D eigenvalue weighted by molar-refractivity contribution is 7.80. The van der Waals surface area contributed by atoms with Crippen molar-refractivity contribution in [2.75, 3.05) is 11.9 Å². The highest BCUT2D eigenvalue weighted by Gasteiger charge is 2.41. The number of hydrogen-bond donors (Lipinski definition) is 2. The normalized spacial score (nSPS) is 16.7. The lowest BCUT2D eigenvalue weighted by Crippen LogP contribution is -2.33. The number of pyridine rings is 1. The topological polar surface area (TPSA) is 62.2 Å². The van der Waals surface area contributed by atoms with Gasteiger partial charge in [0.05, 0.1) is 23.5 Å². The fourth-order valence-electron chi connectivity index (χ4n) is 5.89. The van der Waals surface area contributed by atoms with Crippen molar-refractivity contribution in [1.29, 1.82) is 0 Å². The van der Waals surface area contributed by atoms with Crippen molar-refractivity contribution < 1.29 is 4.79 Å². The molecule has 0 spiro atoms. The number of carbonyl (C=O) groups excluding carboxylic acids is 1. The van der Waals surface area contributed by atoms with Crippen LogP contribution < -0.4 is 10.6 Å². The van der Waals surface area contributed by atoms with E-state index in [1.54, 1.807) is 0 Å². The van der Waals surface area contributed by atoms with Gasteiger partial charge in [0.1, 0.15) is 0 Å². The molecule has 7 heteroatoms. The maximum Gasteiger partial charge on any atom is 0.226 e. The molecule has 2 aromatic carbocycles. The van der Waals surface area contributed by atoms with Gasteiger partial charge in [0.25, 0.3) is 0 Å². The number of anilines is 1. The summed E-state index contributed by atoms with van der Waals surface area (Å²) in [7, 11) is 0. The summed E-state index contributed by atoms with van der Waals surface area (Å²) in [6.45, 7) is 11.2. The first-order valence-corrected chi connectivity index (χ1v) is 14.3. The lowest BCUT2D eigenvalue weighted by atomic mass is 9.96. The average molecular weight is 552 g/mol. The molecule has 2 N–H and O–H groups in total. The predicted octanol–water partition coefficient (Wildman–Crippen LogP) is 6.67. The van der Waals surface area contributed by atoms with Crippen LogP contribution in [-0.4, -0.2) is 32.0 Å². The van der Waals surface area contributed by atoms with E-state index in [0.717, 1.165) is 23.4 Å². The van der Waals surface area contributed by atoms with E-state index in [9.17, 15) is 4.79 Å². The Morgan fingerprint density at radius 2 is 1.75 bits per heavy atom. The summed E-state index contributed by atoms with van der Waals surface area (Å²) in [5, 5.41) is 7.24. The molecule has 206 valence electrons. The number of benzene rings is 2. The third-order valence-corrected chi connectivity index (χ3v) is 8.26. The van der Waals surface area contributed by atoms with Gasteiger partial charge in [0.2, 0.25) is 5.91 Å². The van der Waals surface area contributed by atoms with Gasteiger partial charge in [-0.1, -0.05) is 49.4 Å². The number of para-hydroxylation sites is 2. The zero-order chi connectivity index (χ0) is 28.4. The first-order chi connectivity index (χ1) is 19.3. The quantitative estimate of drug-likeness (QED) is 0.240. The predicted molar refractivity (Wildman–Crippen MR) is 166 cm³/mol. The highest BCUT2D eigenvalue weighted by atomic mass is 32.1. The zero-order valence-corrected chi connectivity index (χ0v) is 24.7. The molecule has 0 bridgehead atoms. The molecule has 4 aromatic rings. The number of hydrogen-bond acceptors (Lipinski definition) is 3. The largest absolute Gasteiger partial charge is 0.352 e. The van der Waals surface area contributed by atoms with E-state index in [-0.39, 0.29) is 18.0 Å². The minimum atomic E-state index is -0.135. The lowest BCUT2D eigenvalue weighted by Gasteiger charge is -2.28. The fourth-order valence-corrected chi connectivity index (χ4v) is 6.22. The number of aromatic nitrogens is 2. The van der Waals surface area contributed by atoms with E-state index in [2.05, 4.69) is 77.0 Å².